The molecular formula is C17H21N3O2. The van der Waals surface area contributed by atoms with Crippen molar-refractivity contribution in [2.45, 2.75) is 25.7 Å². The van der Waals surface area contributed by atoms with Crippen LogP contribution < -0.4 is 5.32 Å². The molecule has 2 aromatic rings. The van der Waals surface area contributed by atoms with Crippen LogP contribution >= 0.6 is 0 Å². The van der Waals surface area contributed by atoms with Crippen molar-refractivity contribution in [1.29, 1.82) is 0 Å². The monoisotopic (exact) mass is 299 g/mol. The van der Waals surface area contributed by atoms with Crippen LogP contribution in [0, 0.1) is 5.92 Å². The van der Waals surface area contributed by atoms with Crippen molar-refractivity contribution in [3.63, 3.8) is 0 Å². The molecule has 0 saturated carbocycles. The summed E-state index contributed by atoms with van der Waals surface area (Å²) < 4.78 is 5.34. The lowest BCUT2D eigenvalue weighted by molar-refractivity contribution is -0.123. The zero-order valence-electron chi connectivity index (χ0n) is 12.5. The summed E-state index contributed by atoms with van der Waals surface area (Å²) in [5, 5.41) is 10.0. The quantitative estimate of drug-likeness (QED) is 0.891. The summed E-state index contributed by atoms with van der Waals surface area (Å²) in [6, 6.07) is 12.2. The molecule has 1 saturated heterocycles. The largest absolute Gasteiger partial charge is 0.381 e. The van der Waals surface area contributed by atoms with Crippen molar-refractivity contribution in [1.82, 2.24) is 10.2 Å². The number of carbonyl (C=O) groups is 1. The average Bonchev–Trinajstić information content (AvgIpc) is 3.02. The van der Waals surface area contributed by atoms with Crippen LogP contribution in [-0.4, -0.2) is 29.3 Å². The molecule has 1 amide bonds. The molecule has 1 atom stereocenters. The molecule has 0 bridgehead atoms. The fourth-order valence-corrected chi connectivity index (χ4v) is 2.65. The summed E-state index contributed by atoms with van der Waals surface area (Å²) in [7, 11) is 0. The van der Waals surface area contributed by atoms with Gasteiger partial charge in [-0.2, -0.15) is 5.10 Å². The standard InChI is InChI=1S/C17H21N3O2/c21-17(14-7-4-10-22-12-14)18-16-11-15(19-20-16)9-8-13-5-2-1-3-6-13/h1-3,5-6,11,14H,4,7-10,12H2,(H2,18,19,20,21). The highest BCUT2D eigenvalue weighted by atomic mass is 16.5. The van der Waals surface area contributed by atoms with Crippen LogP contribution in [0.3, 0.4) is 0 Å². The van der Waals surface area contributed by atoms with Gasteiger partial charge in [-0.3, -0.25) is 9.89 Å². The summed E-state index contributed by atoms with van der Waals surface area (Å²) in [5.41, 5.74) is 2.32. The van der Waals surface area contributed by atoms with Gasteiger partial charge in [0, 0.05) is 18.4 Å². The highest BCUT2D eigenvalue weighted by molar-refractivity contribution is 5.91. The molecule has 2 N–H and O–H groups in total. The normalized spacial score (nSPS) is 18.1. The van der Waals surface area contributed by atoms with Crippen LogP contribution in [0.4, 0.5) is 5.82 Å². The Kier molecular flexibility index (Phi) is 4.85. The van der Waals surface area contributed by atoms with E-state index in [1.165, 1.54) is 5.56 Å². The predicted molar refractivity (Wildman–Crippen MR) is 84.6 cm³/mol. The molecule has 1 aromatic heterocycles. The van der Waals surface area contributed by atoms with E-state index >= 15 is 0 Å². The Morgan fingerprint density at radius 1 is 1.32 bits per heavy atom. The van der Waals surface area contributed by atoms with Gasteiger partial charge < -0.3 is 10.1 Å². The third-order valence-electron chi connectivity index (χ3n) is 3.94. The SMILES string of the molecule is O=C(Nc1cc(CCc2ccccc2)[nH]n1)C1CCCOC1. The Morgan fingerprint density at radius 2 is 2.18 bits per heavy atom. The van der Waals surface area contributed by atoms with Gasteiger partial charge in [0.1, 0.15) is 0 Å². The number of aryl methyl sites for hydroxylation is 2. The Morgan fingerprint density at radius 3 is 2.95 bits per heavy atom. The molecule has 0 aliphatic carbocycles. The minimum atomic E-state index is -0.0572. The van der Waals surface area contributed by atoms with Gasteiger partial charge in [-0.15, -0.1) is 0 Å². The van der Waals surface area contributed by atoms with Gasteiger partial charge >= 0.3 is 0 Å². The van der Waals surface area contributed by atoms with Crippen LogP contribution in [-0.2, 0) is 22.4 Å². The Labute approximate surface area is 130 Å². The van der Waals surface area contributed by atoms with Gasteiger partial charge in [0.2, 0.25) is 5.91 Å². The smallest absolute Gasteiger partial charge is 0.231 e. The van der Waals surface area contributed by atoms with E-state index in [4.69, 9.17) is 4.74 Å². The maximum absolute atomic E-state index is 12.1. The van der Waals surface area contributed by atoms with Crippen molar-refractivity contribution in [2.24, 2.45) is 5.92 Å². The lowest BCUT2D eigenvalue weighted by Gasteiger charge is -2.20. The van der Waals surface area contributed by atoms with E-state index < -0.39 is 0 Å². The van der Waals surface area contributed by atoms with Crippen LogP contribution in [0.1, 0.15) is 24.1 Å². The van der Waals surface area contributed by atoms with E-state index in [2.05, 4.69) is 27.6 Å². The Balaban J connectivity index is 1.51. The van der Waals surface area contributed by atoms with E-state index in [1.54, 1.807) is 0 Å². The van der Waals surface area contributed by atoms with Crippen LogP contribution in [0.5, 0.6) is 0 Å². The van der Waals surface area contributed by atoms with Crippen LogP contribution in [0.25, 0.3) is 0 Å². The lowest BCUT2D eigenvalue weighted by atomic mass is 10.0. The van der Waals surface area contributed by atoms with E-state index in [-0.39, 0.29) is 11.8 Å². The van der Waals surface area contributed by atoms with E-state index in [1.807, 2.05) is 24.3 Å². The number of aromatic nitrogens is 2. The van der Waals surface area contributed by atoms with Crippen molar-refractivity contribution in [3.8, 4) is 0 Å². The fraction of sp³-hybridized carbons (Fsp3) is 0.412. The molecule has 5 nitrogen and oxygen atoms in total. The molecule has 1 aromatic carbocycles. The second kappa shape index (κ2) is 7.22. The molecule has 22 heavy (non-hydrogen) atoms. The average molecular weight is 299 g/mol. The van der Waals surface area contributed by atoms with Gasteiger partial charge in [-0.1, -0.05) is 30.3 Å². The number of H-pyrrole nitrogens is 1. The van der Waals surface area contributed by atoms with E-state index in [9.17, 15) is 4.79 Å². The molecule has 3 rings (SSSR count). The third-order valence-corrected chi connectivity index (χ3v) is 3.94. The highest BCUT2D eigenvalue weighted by Crippen LogP contribution is 2.16. The Hall–Kier alpha value is -2.14. The lowest BCUT2D eigenvalue weighted by Crippen LogP contribution is -2.30. The number of carbonyl (C=O) groups excluding carboxylic acids is 1. The maximum atomic E-state index is 12.1. The van der Waals surface area contributed by atoms with Gasteiger partial charge in [0.05, 0.1) is 12.5 Å². The van der Waals surface area contributed by atoms with Crippen molar-refractivity contribution >= 4 is 11.7 Å². The van der Waals surface area contributed by atoms with Crippen molar-refractivity contribution < 1.29 is 9.53 Å². The molecule has 1 unspecified atom stereocenters. The van der Waals surface area contributed by atoms with Crippen molar-refractivity contribution in [3.05, 3.63) is 47.7 Å². The van der Waals surface area contributed by atoms with Gasteiger partial charge in [0.15, 0.2) is 5.82 Å². The van der Waals surface area contributed by atoms with E-state index in [0.717, 1.165) is 38.0 Å². The summed E-state index contributed by atoms with van der Waals surface area (Å²) in [5.74, 6) is 0.540. The summed E-state index contributed by atoms with van der Waals surface area (Å²) >= 11 is 0. The maximum Gasteiger partial charge on any atom is 0.231 e. The predicted octanol–water partition coefficient (Wildman–Crippen LogP) is 2.56. The molecule has 116 valence electrons. The second-order valence-corrected chi connectivity index (χ2v) is 5.67. The zero-order valence-corrected chi connectivity index (χ0v) is 12.5. The summed E-state index contributed by atoms with van der Waals surface area (Å²) in [4.78, 5) is 12.1. The fourth-order valence-electron chi connectivity index (χ4n) is 2.65. The number of ether oxygens (including phenoxy) is 1. The summed E-state index contributed by atoms with van der Waals surface area (Å²) in [6.07, 6.45) is 3.66. The first-order valence-corrected chi connectivity index (χ1v) is 7.78. The van der Waals surface area contributed by atoms with Gasteiger partial charge in [0.25, 0.3) is 0 Å². The van der Waals surface area contributed by atoms with Crippen LogP contribution in [0.2, 0.25) is 0 Å². The minimum absolute atomic E-state index is 0.000749. The number of aromatic amines is 1. The first-order chi connectivity index (χ1) is 10.8. The zero-order chi connectivity index (χ0) is 15.2. The number of nitrogens with one attached hydrogen (secondary N) is 2. The van der Waals surface area contributed by atoms with Crippen LogP contribution in [0.15, 0.2) is 36.4 Å². The van der Waals surface area contributed by atoms with Gasteiger partial charge in [-0.05, 0) is 31.2 Å². The van der Waals surface area contributed by atoms with Gasteiger partial charge in [-0.25, -0.2) is 0 Å². The number of anilines is 1. The van der Waals surface area contributed by atoms with Crippen molar-refractivity contribution in [2.75, 3.05) is 18.5 Å². The molecule has 1 aliphatic rings. The molecule has 5 heteroatoms. The topological polar surface area (TPSA) is 67.0 Å². The molecule has 0 spiro atoms. The number of hydrogen-bond donors (Lipinski definition) is 2. The number of nitrogens with zero attached hydrogens (tertiary/aromatic N) is 1. The third kappa shape index (κ3) is 3.95. The minimum Gasteiger partial charge on any atom is -0.381 e. The molecular weight excluding hydrogens is 278 g/mol. The first-order valence-electron chi connectivity index (χ1n) is 7.78. The second-order valence-electron chi connectivity index (χ2n) is 5.67. The molecule has 1 fully saturated rings. The molecule has 1 aliphatic heterocycles. The Bertz CT molecular complexity index is 603. The number of hydrogen-bond acceptors (Lipinski definition) is 3. The number of amides is 1. The molecule has 2 heterocycles. The first kappa shape index (κ1) is 14.8. The molecule has 0 radical (unpaired) electrons. The van der Waals surface area contributed by atoms with E-state index in [0.29, 0.717) is 12.4 Å². The highest BCUT2D eigenvalue weighted by Gasteiger charge is 2.22. The number of benzene rings is 1. The number of rotatable bonds is 5. The summed E-state index contributed by atoms with van der Waals surface area (Å²) in [6.45, 7) is 1.27.